The Labute approximate surface area is 131 Å². The second kappa shape index (κ2) is 6.91. The molecule has 0 saturated heterocycles. The number of anilines is 1. The zero-order chi connectivity index (χ0) is 16.8. The predicted molar refractivity (Wildman–Crippen MR) is 84.1 cm³/mol. The van der Waals surface area contributed by atoms with Gasteiger partial charge in [-0.2, -0.15) is 10.4 Å². The smallest absolute Gasteiger partial charge is 0.373 e. The Balaban J connectivity index is 2.35. The van der Waals surface area contributed by atoms with Crippen molar-refractivity contribution in [3.8, 4) is 17.4 Å². The molecule has 0 aliphatic rings. The van der Waals surface area contributed by atoms with Crippen molar-refractivity contribution in [1.29, 1.82) is 10.7 Å². The molecular formula is C15H13N5O3. The van der Waals surface area contributed by atoms with Crippen molar-refractivity contribution in [2.75, 3.05) is 12.5 Å². The first-order chi connectivity index (χ1) is 11.1. The van der Waals surface area contributed by atoms with E-state index in [1.165, 1.54) is 13.2 Å². The molecule has 1 aromatic heterocycles. The summed E-state index contributed by atoms with van der Waals surface area (Å²) < 4.78 is 10.0. The highest BCUT2D eigenvalue weighted by molar-refractivity contribution is 6.45. The Kier molecular flexibility index (Phi) is 4.74. The number of rotatable bonds is 5. The Morgan fingerprint density at radius 3 is 2.78 bits per heavy atom. The Bertz CT molecular complexity index is 817. The first-order valence-corrected chi connectivity index (χ1v) is 6.42. The molecule has 23 heavy (non-hydrogen) atoms. The number of ether oxygens (including phenoxy) is 1. The summed E-state index contributed by atoms with van der Waals surface area (Å²) in [7, 11) is 1.26. The van der Waals surface area contributed by atoms with Gasteiger partial charge in [0.05, 0.1) is 12.8 Å². The predicted octanol–water partition coefficient (Wildman–Crippen LogP) is 1.96. The van der Waals surface area contributed by atoms with E-state index in [4.69, 9.17) is 20.8 Å². The fourth-order valence-corrected chi connectivity index (χ4v) is 1.75. The molecule has 0 amide bonds. The summed E-state index contributed by atoms with van der Waals surface area (Å²) in [5.74, 6) is -0.529. The average molecular weight is 311 g/mol. The van der Waals surface area contributed by atoms with E-state index >= 15 is 0 Å². The molecule has 0 atom stereocenters. The summed E-state index contributed by atoms with van der Waals surface area (Å²) in [6.07, 6.45) is 0. The van der Waals surface area contributed by atoms with Gasteiger partial charge in [-0.05, 0) is 24.3 Å². The molecule has 0 aliphatic heterocycles. The van der Waals surface area contributed by atoms with Crippen molar-refractivity contribution < 1.29 is 13.9 Å². The van der Waals surface area contributed by atoms with Gasteiger partial charge in [0.1, 0.15) is 11.8 Å². The van der Waals surface area contributed by atoms with Crippen LogP contribution in [0.3, 0.4) is 0 Å². The molecular weight excluding hydrogens is 298 g/mol. The minimum atomic E-state index is -0.581. The van der Waals surface area contributed by atoms with Crippen molar-refractivity contribution in [2.24, 2.45) is 10.8 Å². The summed E-state index contributed by atoms with van der Waals surface area (Å²) in [4.78, 5) is 11.4. The summed E-state index contributed by atoms with van der Waals surface area (Å²) in [5.41, 5.74) is 8.79. The van der Waals surface area contributed by atoms with Gasteiger partial charge in [0.15, 0.2) is 5.84 Å². The number of carbonyl (C=O) groups is 1. The van der Waals surface area contributed by atoms with Crippen molar-refractivity contribution in [3.05, 3.63) is 42.2 Å². The second-order valence-electron chi connectivity index (χ2n) is 4.30. The average Bonchev–Trinajstić information content (AvgIpc) is 3.04. The number of hydrogen-bond donors (Lipinski definition) is 3. The van der Waals surface area contributed by atoms with Crippen LogP contribution in [0.4, 0.5) is 5.69 Å². The molecule has 8 nitrogen and oxygen atoms in total. The second-order valence-corrected chi connectivity index (χ2v) is 4.30. The minimum absolute atomic E-state index is 0.0715. The Hall–Kier alpha value is -3.60. The van der Waals surface area contributed by atoms with Gasteiger partial charge in [0.25, 0.3) is 0 Å². The van der Waals surface area contributed by atoms with Crippen LogP contribution in [-0.2, 0) is 4.74 Å². The lowest BCUT2D eigenvalue weighted by molar-refractivity contribution is 0.0566. The monoisotopic (exact) mass is 311 g/mol. The van der Waals surface area contributed by atoms with E-state index in [-0.39, 0.29) is 11.5 Å². The number of esters is 1. The number of benzene rings is 1. The third-order valence-corrected chi connectivity index (χ3v) is 2.83. The summed E-state index contributed by atoms with van der Waals surface area (Å²) >= 11 is 0. The fourth-order valence-electron chi connectivity index (χ4n) is 1.75. The first kappa shape index (κ1) is 15.8. The quantitative estimate of drug-likeness (QED) is 0.334. The summed E-state index contributed by atoms with van der Waals surface area (Å²) in [6.45, 7) is 0. The summed E-state index contributed by atoms with van der Waals surface area (Å²) in [6, 6.07) is 11.8. The van der Waals surface area contributed by atoms with Gasteiger partial charge in [-0.25, -0.2) is 4.79 Å². The van der Waals surface area contributed by atoms with Crippen molar-refractivity contribution >= 4 is 23.2 Å². The van der Waals surface area contributed by atoms with Crippen molar-refractivity contribution in [3.63, 3.8) is 0 Å². The first-order valence-electron chi connectivity index (χ1n) is 6.42. The van der Waals surface area contributed by atoms with Crippen LogP contribution in [-0.4, -0.2) is 24.6 Å². The molecule has 2 aromatic rings. The molecule has 116 valence electrons. The van der Waals surface area contributed by atoms with Gasteiger partial charge >= 0.3 is 5.97 Å². The van der Waals surface area contributed by atoms with E-state index in [2.05, 4.69) is 15.3 Å². The zero-order valence-corrected chi connectivity index (χ0v) is 12.2. The maximum atomic E-state index is 11.4. The van der Waals surface area contributed by atoms with Gasteiger partial charge in [-0.3, -0.25) is 10.8 Å². The molecule has 0 radical (unpaired) electrons. The van der Waals surface area contributed by atoms with E-state index in [0.717, 1.165) is 0 Å². The Morgan fingerprint density at radius 2 is 2.13 bits per heavy atom. The van der Waals surface area contributed by atoms with E-state index in [1.54, 1.807) is 36.4 Å². The van der Waals surface area contributed by atoms with Crippen LogP contribution in [0.5, 0.6) is 0 Å². The Morgan fingerprint density at radius 1 is 1.39 bits per heavy atom. The number of nitrogens with one attached hydrogen (secondary N) is 2. The van der Waals surface area contributed by atoms with E-state index in [9.17, 15) is 4.79 Å². The van der Waals surface area contributed by atoms with Crippen LogP contribution in [0.1, 0.15) is 10.6 Å². The highest BCUT2D eigenvalue weighted by Gasteiger charge is 2.14. The molecule has 0 bridgehead atoms. The van der Waals surface area contributed by atoms with Gasteiger partial charge in [-0.15, -0.1) is 0 Å². The molecule has 2 rings (SSSR count). The number of nitrogens with zero attached hydrogens (tertiary/aromatic N) is 2. The lowest BCUT2D eigenvalue weighted by atomic mass is 10.1. The molecule has 0 unspecified atom stereocenters. The maximum absolute atomic E-state index is 11.4. The highest BCUT2D eigenvalue weighted by atomic mass is 16.5. The molecule has 4 N–H and O–H groups in total. The number of nitrogens with two attached hydrogens (primary N) is 1. The van der Waals surface area contributed by atoms with Gasteiger partial charge in [-0.1, -0.05) is 12.1 Å². The summed E-state index contributed by atoms with van der Waals surface area (Å²) in [5, 5.41) is 19.8. The lowest BCUT2D eigenvalue weighted by Gasteiger charge is -2.06. The maximum Gasteiger partial charge on any atom is 0.373 e. The van der Waals surface area contributed by atoms with Crippen molar-refractivity contribution in [1.82, 2.24) is 0 Å². The van der Waals surface area contributed by atoms with Gasteiger partial charge < -0.3 is 14.9 Å². The van der Waals surface area contributed by atoms with Crippen LogP contribution < -0.4 is 11.2 Å². The lowest BCUT2D eigenvalue weighted by Crippen LogP contribution is -2.21. The standard InChI is InChI=1S/C15H13N5O3/c1-22-15(21)13-7-6-12(23-13)9-4-2-3-5-10(9)19-20-11(8-16)14(17)18/h2-7,19H,1H3,(H3,17,18)/b20-11+. The SMILES string of the molecule is COC(=O)c1ccc(-c2ccccc2N/N=C(\C#N)C(=N)N)o1. The number of amidine groups is 1. The number of furan rings is 1. The largest absolute Gasteiger partial charge is 0.463 e. The van der Waals surface area contributed by atoms with Gasteiger partial charge in [0, 0.05) is 5.56 Å². The molecule has 8 heteroatoms. The van der Waals surface area contributed by atoms with Crippen LogP contribution in [0.2, 0.25) is 0 Å². The molecule has 1 heterocycles. The number of hydrazone groups is 1. The normalized spacial score (nSPS) is 10.7. The molecule has 1 aromatic carbocycles. The fraction of sp³-hybridized carbons (Fsp3) is 0.0667. The third kappa shape index (κ3) is 3.54. The molecule has 0 aliphatic carbocycles. The number of nitriles is 1. The number of methoxy groups -OCH3 is 1. The van der Waals surface area contributed by atoms with Gasteiger partial charge in [0.2, 0.25) is 11.5 Å². The van der Waals surface area contributed by atoms with E-state index in [1.807, 2.05) is 0 Å². The zero-order valence-electron chi connectivity index (χ0n) is 12.2. The number of para-hydroxylation sites is 1. The minimum Gasteiger partial charge on any atom is -0.463 e. The van der Waals surface area contributed by atoms with Crippen LogP contribution >= 0.6 is 0 Å². The van der Waals surface area contributed by atoms with Crippen LogP contribution in [0.25, 0.3) is 11.3 Å². The topological polar surface area (TPSA) is 137 Å². The highest BCUT2D eigenvalue weighted by Crippen LogP contribution is 2.29. The van der Waals surface area contributed by atoms with E-state index in [0.29, 0.717) is 17.0 Å². The number of hydrogen-bond acceptors (Lipinski definition) is 7. The van der Waals surface area contributed by atoms with Crippen LogP contribution in [0.15, 0.2) is 45.9 Å². The number of carbonyl (C=O) groups excluding carboxylic acids is 1. The third-order valence-electron chi connectivity index (χ3n) is 2.83. The molecule has 0 saturated carbocycles. The van der Waals surface area contributed by atoms with Crippen LogP contribution in [0, 0.1) is 16.7 Å². The molecule has 0 spiro atoms. The van der Waals surface area contributed by atoms with E-state index < -0.39 is 11.8 Å². The van der Waals surface area contributed by atoms with Crippen molar-refractivity contribution in [2.45, 2.75) is 0 Å². The molecule has 0 fully saturated rings.